The third-order valence-electron chi connectivity index (χ3n) is 4.42. The first-order valence-corrected chi connectivity index (χ1v) is 13.1. The van der Waals surface area contributed by atoms with Crippen LogP contribution >= 0.6 is 67.8 Å². The van der Waals surface area contributed by atoms with Crippen LogP contribution in [-0.2, 0) is 4.79 Å². The van der Waals surface area contributed by atoms with Crippen LogP contribution in [0.5, 0.6) is 0 Å². The molecule has 192 valence electrons. The number of imide groups is 1. The Balaban J connectivity index is 3.66. The average molecular weight is 821 g/mol. The zero-order valence-corrected chi connectivity index (χ0v) is 24.4. The molecule has 1 aromatic rings. The first-order valence-electron chi connectivity index (χ1n) is 9.82. The van der Waals surface area contributed by atoms with E-state index in [1.54, 1.807) is 22.6 Å². The molecule has 1 rings (SSSR count). The summed E-state index contributed by atoms with van der Waals surface area (Å²) >= 11 is 5.51. The molecule has 12 nitrogen and oxygen atoms in total. The van der Waals surface area contributed by atoms with E-state index < -0.39 is 62.4 Å². The Morgan fingerprint density at radius 2 is 1.32 bits per heavy atom. The minimum Gasteiger partial charge on any atom is -0.394 e. The molecule has 0 aliphatic heterocycles. The highest BCUT2D eigenvalue weighted by atomic mass is 127. The summed E-state index contributed by atoms with van der Waals surface area (Å²) in [5, 5.41) is 61.8. The monoisotopic (exact) mass is 821 g/mol. The van der Waals surface area contributed by atoms with Crippen LogP contribution in [0.4, 0.5) is 5.69 Å². The van der Waals surface area contributed by atoms with Gasteiger partial charge in [0.25, 0.3) is 11.8 Å². The van der Waals surface area contributed by atoms with E-state index in [0.717, 1.165) is 11.8 Å². The molecule has 0 saturated heterocycles. The van der Waals surface area contributed by atoms with E-state index in [-0.39, 0.29) is 33.5 Å². The molecule has 0 fully saturated rings. The highest BCUT2D eigenvalue weighted by Crippen LogP contribution is 2.36. The predicted octanol–water partition coefficient (Wildman–Crippen LogP) is -1.31. The van der Waals surface area contributed by atoms with Gasteiger partial charge in [0, 0.05) is 23.6 Å². The molecule has 0 aromatic heterocycles. The van der Waals surface area contributed by atoms with E-state index in [1.807, 2.05) is 45.2 Å². The van der Waals surface area contributed by atoms with Crippen LogP contribution in [0.3, 0.4) is 0 Å². The first kappa shape index (κ1) is 31.6. The number of nitrogens with one attached hydrogen (secondary N) is 2. The Hall–Kier alpha value is -0.420. The number of amides is 3. The number of carbonyl (C=O) groups is 3. The van der Waals surface area contributed by atoms with Crippen molar-refractivity contribution in [3.8, 4) is 0 Å². The number of nitrogens with zero attached hydrogens (tertiary/aromatic N) is 1. The third kappa shape index (κ3) is 8.32. The maximum atomic E-state index is 13.4. The SMILES string of the molecule is CC(=O)N(CC(O)CO)C(=O)c1c(I)c(NCC(O)CO)c(I)c(C(=O)NCC(O)CO)c1I. The second-order valence-electron chi connectivity index (χ2n) is 7.10. The quantitative estimate of drug-likeness (QED) is 0.117. The van der Waals surface area contributed by atoms with Crippen molar-refractivity contribution < 1.29 is 45.0 Å². The Kier molecular flexibility index (Phi) is 13.9. The van der Waals surface area contributed by atoms with Crippen molar-refractivity contribution in [2.75, 3.05) is 44.8 Å². The van der Waals surface area contributed by atoms with Gasteiger partial charge in [0.05, 0.1) is 68.6 Å². The zero-order valence-electron chi connectivity index (χ0n) is 18.0. The summed E-state index contributed by atoms with van der Waals surface area (Å²) in [6.07, 6.45) is -3.70. The van der Waals surface area contributed by atoms with E-state index in [0.29, 0.717) is 7.14 Å². The van der Waals surface area contributed by atoms with Crippen LogP contribution in [-0.4, -0.2) is 111 Å². The van der Waals surface area contributed by atoms with Gasteiger partial charge in [0.2, 0.25) is 5.91 Å². The summed E-state index contributed by atoms with van der Waals surface area (Å²) in [7, 11) is 0. The standard InChI is InChI=1S/C19H26I3N3O9/c1-8(29)25(4-11(32)7-28)19(34)13-14(20)12(18(33)24-3-10(31)6-27)15(21)17(16(13)22)23-2-9(30)5-26/h9-11,23,26-28,30-32H,2-7H2,1H3,(H,24,33). The minimum atomic E-state index is -1.37. The molecule has 0 spiro atoms. The number of aliphatic hydroxyl groups excluding tert-OH is 6. The summed E-state index contributed by atoms with van der Waals surface area (Å²) in [5.74, 6) is -2.17. The number of hydrogen-bond donors (Lipinski definition) is 8. The molecule has 0 bridgehead atoms. The van der Waals surface area contributed by atoms with E-state index in [4.69, 9.17) is 15.3 Å². The van der Waals surface area contributed by atoms with Gasteiger partial charge in [-0.2, -0.15) is 0 Å². The van der Waals surface area contributed by atoms with Gasteiger partial charge in [-0.3, -0.25) is 19.3 Å². The number of rotatable bonds is 12. The highest BCUT2D eigenvalue weighted by molar-refractivity contribution is 14.1. The van der Waals surface area contributed by atoms with Gasteiger partial charge in [0.1, 0.15) is 0 Å². The fourth-order valence-electron chi connectivity index (χ4n) is 2.61. The van der Waals surface area contributed by atoms with Crippen LogP contribution in [0.2, 0.25) is 0 Å². The molecule has 0 heterocycles. The fourth-order valence-corrected chi connectivity index (χ4v) is 7.11. The van der Waals surface area contributed by atoms with Crippen molar-refractivity contribution in [3.05, 3.63) is 21.8 Å². The molecule has 0 aliphatic carbocycles. The van der Waals surface area contributed by atoms with Crippen molar-refractivity contribution in [2.24, 2.45) is 0 Å². The zero-order chi connectivity index (χ0) is 26.2. The molecule has 3 unspecified atom stereocenters. The largest absolute Gasteiger partial charge is 0.394 e. The molecule has 1 aromatic carbocycles. The Labute approximate surface area is 236 Å². The molecule has 0 aliphatic rings. The molecule has 15 heteroatoms. The van der Waals surface area contributed by atoms with Crippen LogP contribution in [0.25, 0.3) is 0 Å². The summed E-state index contributed by atoms with van der Waals surface area (Å²) in [6.45, 7) is -1.50. The van der Waals surface area contributed by atoms with Crippen LogP contribution in [0.1, 0.15) is 27.6 Å². The van der Waals surface area contributed by atoms with Gasteiger partial charge in [-0.25, -0.2) is 0 Å². The van der Waals surface area contributed by atoms with Crippen LogP contribution in [0, 0.1) is 10.7 Å². The smallest absolute Gasteiger partial charge is 0.262 e. The Morgan fingerprint density at radius 1 is 0.824 bits per heavy atom. The highest BCUT2D eigenvalue weighted by Gasteiger charge is 2.32. The third-order valence-corrected chi connectivity index (χ3v) is 7.66. The molecular formula is C19H26I3N3O9. The lowest BCUT2D eigenvalue weighted by atomic mass is 10.1. The number of aliphatic hydroxyl groups is 6. The minimum absolute atomic E-state index is 0.0317. The Bertz CT molecular complexity index is 904. The maximum absolute atomic E-state index is 13.4. The van der Waals surface area contributed by atoms with E-state index in [1.165, 1.54) is 0 Å². The second kappa shape index (κ2) is 15.0. The number of halogens is 3. The van der Waals surface area contributed by atoms with Crippen molar-refractivity contribution in [1.29, 1.82) is 0 Å². The number of hydrogen-bond acceptors (Lipinski definition) is 10. The van der Waals surface area contributed by atoms with Gasteiger partial charge in [-0.1, -0.05) is 0 Å². The van der Waals surface area contributed by atoms with Crippen molar-refractivity contribution in [3.63, 3.8) is 0 Å². The summed E-state index contributed by atoms with van der Waals surface area (Å²) in [6, 6.07) is 0. The van der Waals surface area contributed by atoms with Crippen molar-refractivity contribution in [2.45, 2.75) is 25.2 Å². The van der Waals surface area contributed by atoms with E-state index in [2.05, 4.69) is 10.6 Å². The average Bonchev–Trinajstić information content (AvgIpc) is 2.79. The maximum Gasteiger partial charge on any atom is 0.262 e. The van der Waals surface area contributed by atoms with Crippen molar-refractivity contribution in [1.82, 2.24) is 10.2 Å². The van der Waals surface area contributed by atoms with Crippen molar-refractivity contribution >= 4 is 91.2 Å². The van der Waals surface area contributed by atoms with E-state index in [9.17, 15) is 29.7 Å². The molecular weight excluding hydrogens is 795 g/mol. The van der Waals surface area contributed by atoms with Gasteiger partial charge >= 0.3 is 0 Å². The molecule has 34 heavy (non-hydrogen) atoms. The fraction of sp³-hybridized carbons (Fsp3) is 0.526. The lowest BCUT2D eigenvalue weighted by Crippen LogP contribution is -2.43. The topological polar surface area (TPSA) is 200 Å². The molecule has 8 N–H and O–H groups in total. The van der Waals surface area contributed by atoms with Gasteiger partial charge in [0.15, 0.2) is 0 Å². The van der Waals surface area contributed by atoms with Gasteiger partial charge < -0.3 is 41.3 Å². The molecule has 0 radical (unpaired) electrons. The molecule has 3 amide bonds. The normalized spacial score (nSPS) is 13.7. The predicted molar refractivity (Wildman–Crippen MR) is 146 cm³/mol. The molecule has 3 atom stereocenters. The summed E-state index contributed by atoms with van der Waals surface area (Å²) < 4.78 is 0.873. The number of benzene rings is 1. The second-order valence-corrected chi connectivity index (χ2v) is 10.3. The lowest BCUT2D eigenvalue weighted by molar-refractivity contribution is -0.127. The lowest BCUT2D eigenvalue weighted by Gasteiger charge is -2.25. The number of anilines is 1. The molecule has 0 saturated carbocycles. The Morgan fingerprint density at radius 3 is 1.82 bits per heavy atom. The summed E-state index contributed by atoms with van der Waals surface area (Å²) in [5.41, 5.74) is 0.301. The number of carbonyl (C=O) groups excluding carboxylic acids is 3. The van der Waals surface area contributed by atoms with Gasteiger partial charge in [-0.05, 0) is 67.8 Å². The van der Waals surface area contributed by atoms with Gasteiger partial charge in [-0.15, -0.1) is 0 Å². The van der Waals surface area contributed by atoms with E-state index >= 15 is 0 Å². The van der Waals surface area contributed by atoms with Crippen LogP contribution < -0.4 is 10.6 Å². The summed E-state index contributed by atoms with van der Waals surface area (Å²) in [4.78, 5) is 39.3. The van der Waals surface area contributed by atoms with Crippen LogP contribution in [0.15, 0.2) is 0 Å². The first-order chi connectivity index (χ1) is 15.9.